The first-order valence-electron chi connectivity index (χ1n) is 11.3. The van der Waals surface area contributed by atoms with E-state index in [1.165, 1.54) is 5.56 Å². The van der Waals surface area contributed by atoms with E-state index in [1.54, 1.807) is 23.8 Å². The van der Waals surface area contributed by atoms with Gasteiger partial charge in [0.25, 0.3) is 0 Å². The third kappa shape index (κ3) is 8.23. The molecule has 6 heteroatoms. The molecule has 0 fully saturated rings. The summed E-state index contributed by atoms with van der Waals surface area (Å²) in [4.78, 5) is 28.0. The van der Waals surface area contributed by atoms with Gasteiger partial charge in [0.2, 0.25) is 11.8 Å². The van der Waals surface area contributed by atoms with Crippen LogP contribution >= 0.6 is 11.8 Å². The lowest BCUT2D eigenvalue weighted by Gasteiger charge is -2.31. The first-order chi connectivity index (χ1) is 15.5. The molecule has 0 unspecified atom stereocenters. The Kier molecular flexibility index (Phi) is 11.2. The number of thioether (sulfide) groups is 1. The van der Waals surface area contributed by atoms with Gasteiger partial charge in [-0.2, -0.15) is 11.8 Å². The molecule has 0 saturated carbocycles. The highest BCUT2D eigenvalue weighted by Gasteiger charge is 2.29. The Labute approximate surface area is 196 Å². The topological polar surface area (TPSA) is 58.6 Å². The number of ether oxygens (including phenoxy) is 1. The van der Waals surface area contributed by atoms with Gasteiger partial charge >= 0.3 is 0 Å². The maximum atomic E-state index is 13.3. The molecule has 0 aliphatic carbocycles. The maximum Gasteiger partial charge on any atom is 0.243 e. The summed E-state index contributed by atoms with van der Waals surface area (Å²) >= 11 is 1.74. The van der Waals surface area contributed by atoms with Crippen molar-refractivity contribution >= 4 is 23.6 Å². The predicted molar refractivity (Wildman–Crippen MR) is 133 cm³/mol. The van der Waals surface area contributed by atoms with Crippen molar-refractivity contribution in [1.82, 2.24) is 10.2 Å². The molecule has 0 radical (unpaired) electrons. The third-order valence-corrected chi connectivity index (χ3v) is 6.48. The number of amides is 2. The standard InChI is InChI=1S/C26H36N2O3S/c1-5-20(3)27-26(30)24(6-2)28(18-22-13-10-14-23(17-22)31-4)25(29)15-16-32-19-21-11-8-7-9-12-21/h7-14,17,20,24H,5-6,15-16,18-19H2,1-4H3,(H,27,30)/t20-,24+/m0/s1. The highest BCUT2D eigenvalue weighted by atomic mass is 32.2. The number of methoxy groups -OCH3 is 1. The van der Waals surface area contributed by atoms with E-state index in [1.807, 2.05) is 63.2 Å². The largest absolute Gasteiger partial charge is 0.497 e. The predicted octanol–water partition coefficient (Wildman–Crippen LogP) is 5.04. The van der Waals surface area contributed by atoms with Crippen molar-refractivity contribution < 1.29 is 14.3 Å². The van der Waals surface area contributed by atoms with Crippen molar-refractivity contribution in [2.45, 2.75) is 64.4 Å². The van der Waals surface area contributed by atoms with E-state index in [0.717, 1.165) is 23.5 Å². The second-order valence-electron chi connectivity index (χ2n) is 7.90. The van der Waals surface area contributed by atoms with Crippen molar-refractivity contribution in [1.29, 1.82) is 0 Å². The van der Waals surface area contributed by atoms with Gasteiger partial charge in [-0.1, -0.05) is 56.3 Å². The molecule has 174 valence electrons. The number of benzene rings is 2. The lowest BCUT2D eigenvalue weighted by molar-refractivity contribution is -0.141. The molecule has 0 bridgehead atoms. The number of hydrogen-bond donors (Lipinski definition) is 1. The van der Waals surface area contributed by atoms with Crippen molar-refractivity contribution in [3.05, 3.63) is 65.7 Å². The summed E-state index contributed by atoms with van der Waals surface area (Å²) in [5.41, 5.74) is 2.20. The van der Waals surface area contributed by atoms with E-state index in [4.69, 9.17) is 4.74 Å². The van der Waals surface area contributed by atoms with E-state index in [9.17, 15) is 9.59 Å². The molecular formula is C26H36N2O3S. The molecule has 0 saturated heterocycles. The summed E-state index contributed by atoms with van der Waals surface area (Å²) in [6, 6.07) is 17.5. The van der Waals surface area contributed by atoms with Crippen LogP contribution in [0.15, 0.2) is 54.6 Å². The van der Waals surface area contributed by atoms with Gasteiger partial charge < -0.3 is 15.0 Å². The molecule has 2 atom stereocenters. The summed E-state index contributed by atoms with van der Waals surface area (Å²) < 4.78 is 5.33. The van der Waals surface area contributed by atoms with E-state index >= 15 is 0 Å². The van der Waals surface area contributed by atoms with Gasteiger partial charge in [-0.3, -0.25) is 9.59 Å². The van der Waals surface area contributed by atoms with Gasteiger partial charge in [0, 0.05) is 30.5 Å². The molecule has 0 heterocycles. The Morgan fingerprint density at radius 2 is 1.75 bits per heavy atom. The van der Waals surface area contributed by atoms with Crippen molar-refractivity contribution in [3.8, 4) is 5.75 Å². The van der Waals surface area contributed by atoms with E-state index < -0.39 is 6.04 Å². The molecule has 2 aromatic carbocycles. The Morgan fingerprint density at radius 3 is 2.41 bits per heavy atom. The van der Waals surface area contributed by atoms with Gasteiger partial charge in [0.05, 0.1) is 7.11 Å². The third-order valence-electron chi connectivity index (χ3n) is 5.45. The van der Waals surface area contributed by atoms with Gasteiger partial charge in [0.1, 0.15) is 11.8 Å². The van der Waals surface area contributed by atoms with E-state index in [-0.39, 0.29) is 17.9 Å². The fraction of sp³-hybridized carbons (Fsp3) is 0.462. The summed E-state index contributed by atoms with van der Waals surface area (Å²) in [7, 11) is 1.63. The summed E-state index contributed by atoms with van der Waals surface area (Å²) in [5.74, 6) is 2.24. The first-order valence-corrected chi connectivity index (χ1v) is 12.5. The smallest absolute Gasteiger partial charge is 0.243 e. The van der Waals surface area contributed by atoms with Crippen LogP contribution in [0.3, 0.4) is 0 Å². The Hall–Kier alpha value is -2.47. The van der Waals surface area contributed by atoms with Crippen molar-refractivity contribution in [2.24, 2.45) is 0 Å². The van der Waals surface area contributed by atoms with Crippen LogP contribution in [0.4, 0.5) is 0 Å². The van der Waals surface area contributed by atoms with Crippen LogP contribution in [0.1, 0.15) is 51.2 Å². The molecule has 1 N–H and O–H groups in total. The van der Waals surface area contributed by atoms with E-state index in [0.29, 0.717) is 25.1 Å². The lowest BCUT2D eigenvalue weighted by atomic mass is 10.1. The van der Waals surface area contributed by atoms with Crippen LogP contribution in [-0.2, 0) is 21.9 Å². The number of nitrogens with zero attached hydrogens (tertiary/aromatic N) is 1. The molecule has 0 aliphatic rings. The Morgan fingerprint density at radius 1 is 1.03 bits per heavy atom. The van der Waals surface area contributed by atoms with Crippen LogP contribution in [-0.4, -0.2) is 41.7 Å². The molecular weight excluding hydrogens is 420 g/mol. The molecule has 2 aromatic rings. The van der Waals surface area contributed by atoms with Crippen LogP contribution in [0.2, 0.25) is 0 Å². The number of carbonyl (C=O) groups excluding carboxylic acids is 2. The van der Waals surface area contributed by atoms with Gasteiger partial charge in [0.15, 0.2) is 0 Å². The van der Waals surface area contributed by atoms with Crippen molar-refractivity contribution in [3.63, 3.8) is 0 Å². The van der Waals surface area contributed by atoms with Gasteiger partial charge in [-0.15, -0.1) is 0 Å². The van der Waals surface area contributed by atoms with Gasteiger partial charge in [-0.25, -0.2) is 0 Å². The fourth-order valence-electron chi connectivity index (χ4n) is 3.40. The SMILES string of the molecule is CC[C@H](C(=O)N[C@@H](C)CC)N(Cc1cccc(OC)c1)C(=O)CCSCc1ccccc1. The molecule has 0 spiro atoms. The molecule has 0 aromatic heterocycles. The second-order valence-corrected chi connectivity index (χ2v) is 9.01. The molecule has 0 aliphatic heterocycles. The normalized spacial score (nSPS) is 12.6. The summed E-state index contributed by atoms with van der Waals surface area (Å²) in [5, 5.41) is 3.05. The zero-order valence-corrected chi connectivity index (χ0v) is 20.5. The van der Waals surface area contributed by atoms with Crippen LogP contribution < -0.4 is 10.1 Å². The van der Waals surface area contributed by atoms with Crippen LogP contribution in [0.5, 0.6) is 5.75 Å². The molecule has 2 rings (SSSR count). The lowest BCUT2D eigenvalue weighted by Crippen LogP contribution is -2.50. The van der Waals surface area contributed by atoms with Crippen molar-refractivity contribution in [2.75, 3.05) is 12.9 Å². The molecule has 2 amide bonds. The van der Waals surface area contributed by atoms with Crippen LogP contribution in [0.25, 0.3) is 0 Å². The number of carbonyl (C=O) groups is 2. The summed E-state index contributed by atoms with van der Waals surface area (Å²) in [6.45, 7) is 6.36. The molecule has 32 heavy (non-hydrogen) atoms. The van der Waals surface area contributed by atoms with E-state index in [2.05, 4.69) is 17.4 Å². The maximum absolute atomic E-state index is 13.3. The monoisotopic (exact) mass is 456 g/mol. The first kappa shape index (κ1) is 25.8. The minimum atomic E-state index is -0.498. The number of hydrogen-bond acceptors (Lipinski definition) is 4. The quantitative estimate of drug-likeness (QED) is 0.429. The highest BCUT2D eigenvalue weighted by molar-refractivity contribution is 7.98. The number of nitrogens with one attached hydrogen (secondary N) is 1. The minimum absolute atomic E-state index is 0.000432. The Balaban J connectivity index is 2.09. The number of rotatable bonds is 13. The zero-order chi connectivity index (χ0) is 23.3. The average Bonchev–Trinajstić information content (AvgIpc) is 2.82. The average molecular weight is 457 g/mol. The zero-order valence-electron chi connectivity index (χ0n) is 19.7. The second kappa shape index (κ2) is 13.8. The Bertz CT molecular complexity index is 844. The highest BCUT2D eigenvalue weighted by Crippen LogP contribution is 2.19. The van der Waals surface area contributed by atoms with Crippen LogP contribution in [0, 0.1) is 0 Å². The fourth-order valence-corrected chi connectivity index (χ4v) is 4.29. The van der Waals surface area contributed by atoms with Gasteiger partial charge in [-0.05, 0) is 43.0 Å². The molecule has 5 nitrogen and oxygen atoms in total. The minimum Gasteiger partial charge on any atom is -0.497 e. The summed E-state index contributed by atoms with van der Waals surface area (Å²) in [6.07, 6.45) is 1.81.